The number of carbonyl (C=O) groups is 1. The zero-order valence-corrected chi connectivity index (χ0v) is 13.2. The Hall–Kier alpha value is -0.620. The van der Waals surface area contributed by atoms with Gasteiger partial charge in [-0.15, -0.1) is 0 Å². The number of carboxylic acids is 1. The van der Waals surface area contributed by atoms with Crippen LogP contribution in [-0.4, -0.2) is 41.6 Å². The highest BCUT2D eigenvalue weighted by Gasteiger charge is 2.50. The molecule has 0 bridgehead atoms. The lowest BCUT2D eigenvalue weighted by Crippen LogP contribution is -2.47. The van der Waals surface area contributed by atoms with Gasteiger partial charge in [0.1, 0.15) is 6.04 Å². The molecular weight excluding hydrogens is 290 g/mol. The lowest BCUT2D eigenvalue weighted by atomic mass is 9.84. The molecule has 1 heterocycles. The summed E-state index contributed by atoms with van der Waals surface area (Å²) in [5.41, 5.74) is 0. The van der Waals surface area contributed by atoms with Crippen molar-refractivity contribution in [1.82, 2.24) is 4.31 Å². The van der Waals surface area contributed by atoms with Crippen molar-refractivity contribution < 1.29 is 18.3 Å². The van der Waals surface area contributed by atoms with E-state index in [-0.39, 0.29) is 17.7 Å². The van der Waals surface area contributed by atoms with Crippen molar-refractivity contribution in [3.8, 4) is 0 Å². The summed E-state index contributed by atoms with van der Waals surface area (Å²) in [5.74, 6) is -0.0623. The number of fused-ring (bicyclic) bond motifs is 1. The highest BCUT2D eigenvalue weighted by Crippen LogP contribution is 2.42. The van der Waals surface area contributed by atoms with Gasteiger partial charge in [-0.05, 0) is 37.5 Å². The molecule has 0 aromatic heterocycles. The molecule has 2 saturated carbocycles. The molecule has 0 amide bonds. The van der Waals surface area contributed by atoms with Crippen molar-refractivity contribution >= 4 is 16.0 Å². The summed E-state index contributed by atoms with van der Waals surface area (Å²) in [6.07, 6.45) is 8.59. The monoisotopic (exact) mass is 315 g/mol. The Labute approximate surface area is 126 Å². The van der Waals surface area contributed by atoms with Crippen LogP contribution >= 0.6 is 0 Å². The van der Waals surface area contributed by atoms with Crippen molar-refractivity contribution in [3.63, 3.8) is 0 Å². The van der Waals surface area contributed by atoms with E-state index in [1.165, 1.54) is 10.7 Å². The Morgan fingerprint density at radius 3 is 2.43 bits per heavy atom. The molecule has 1 saturated heterocycles. The van der Waals surface area contributed by atoms with Gasteiger partial charge in [0.2, 0.25) is 10.0 Å². The maximum atomic E-state index is 12.7. The van der Waals surface area contributed by atoms with Crippen molar-refractivity contribution in [3.05, 3.63) is 0 Å². The topological polar surface area (TPSA) is 74.7 Å². The van der Waals surface area contributed by atoms with Crippen LogP contribution in [0.4, 0.5) is 0 Å². The molecule has 0 spiro atoms. The van der Waals surface area contributed by atoms with Gasteiger partial charge in [-0.3, -0.25) is 4.79 Å². The summed E-state index contributed by atoms with van der Waals surface area (Å²) in [6, 6.07) is -0.893. The SMILES string of the molecule is O=C(O)C1CC2CCCCC2N1S(=O)(=O)CCC1CCC1. The highest BCUT2D eigenvalue weighted by molar-refractivity contribution is 7.89. The molecule has 3 aliphatic rings. The summed E-state index contributed by atoms with van der Waals surface area (Å²) >= 11 is 0. The third-order valence-electron chi connectivity index (χ3n) is 5.64. The van der Waals surface area contributed by atoms with E-state index in [0.717, 1.165) is 38.5 Å². The average Bonchev–Trinajstić information content (AvgIpc) is 2.76. The maximum absolute atomic E-state index is 12.7. The van der Waals surface area contributed by atoms with E-state index in [4.69, 9.17) is 0 Å². The van der Waals surface area contributed by atoms with Crippen LogP contribution in [0, 0.1) is 11.8 Å². The summed E-state index contributed by atoms with van der Waals surface area (Å²) in [7, 11) is -3.44. The highest BCUT2D eigenvalue weighted by atomic mass is 32.2. The van der Waals surface area contributed by atoms with Gasteiger partial charge in [0, 0.05) is 6.04 Å². The second kappa shape index (κ2) is 5.88. The third-order valence-corrected chi connectivity index (χ3v) is 7.56. The Bertz CT molecular complexity index is 500. The molecule has 5 nitrogen and oxygen atoms in total. The molecule has 3 unspecified atom stereocenters. The number of hydrogen-bond acceptors (Lipinski definition) is 3. The number of aliphatic carboxylic acids is 1. The molecule has 3 atom stereocenters. The fraction of sp³-hybridized carbons (Fsp3) is 0.933. The lowest BCUT2D eigenvalue weighted by molar-refractivity contribution is -0.141. The molecule has 120 valence electrons. The predicted molar refractivity (Wildman–Crippen MR) is 79.4 cm³/mol. The number of rotatable bonds is 5. The Balaban J connectivity index is 1.76. The largest absolute Gasteiger partial charge is 0.480 e. The summed E-state index contributed by atoms with van der Waals surface area (Å²) in [6.45, 7) is 0. The van der Waals surface area contributed by atoms with Gasteiger partial charge in [0.05, 0.1) is 5.75 Å². The van der Waals surface area contributed by atoms with E-state index >= 15 is 0 Å². The van der Waals surface area contributed by atoms with Crippen LogP contribution in [0.1, 0.15) is 57.8 Å². The van der Waals surface area contributed by atoms with E-state index in [1.807, 2.05) is 0 Å². The molecule has 6 heteroatoms. The summed E-state index contributed by atoms with van der Waals surface area (Å²) in [4.78, 5) is 11.5. The number of sulfonamides is 1. The summed E-state index contributed by atoms with van der Waals surface area (Å²) in [5, 5.41) is 9.42. The second-order valence-electron chi connectivity index (χ2n) is 6.93. The molecule has 21 heavy (non-hydrogen) atoms. The van der Waals surface area contributed by atoms with Crippen molar-refractivity contribution in [2.45, 2.75) is 69.9 Å². The first-order valence-corrected chi connectivity index (χ1v) is 9.84. The third kappa shape index (κ3) is 2.97. The molecule has 1 N–H and O–H groups in total. The maximum Gasteiger partial charge on any atom is 0.322 e. The van der Waals surface area contributed by atoms with E-state index < -0.39 is 22.0 Å². The fourth-order valence-electron chi connectivity index (χ4n) is 4.23. The van der Waals surface area contributed by atoms with Crippen LogP contribution in [-0.2, 0) is 14.8 Å². The minimum atomic E-state index is -3.44. The molecule has 0 aromatic rings. The fourth-order valence-corrected chi connectivity index (χ4v) is 6.33. The smallest absolute Gasteiger partial charge is 0.322 e. The number of nitrogens with zero attached hydrogens (tertiary/aromatic N) is 1. The standard InChI is InChI=1S/C15H25NO4S/c17-15(18)14-10-12-6-1-2-7-13(12)16(14)21(19,20)9-8-11-4-3-5-11/h11-14H,1-10H2,(H,17,18). The van der Waals surface area contributed by atoms with Crippen LogP contribution < -0.4 is 0 Å². The summed E-state index contributed by atoms with van der Waals surface area (Å²) < 4.78 is 26.8. The Morgan fingerprint density at radius 1 is 1.10 bits per heavy atom. The van der Waals surface area contributed by atoms with Crippen molar-refractivity contribution in [2.24, 2.45) is 11.8 Å². The van der Waals surface area contributed by atoms with Gasteiger partial charge in [-0.1, -0.05) is 32.1 Å². The normalized spacial score (nSPS) is 34.4. The van der Waals surface area contributed by atoms with Crippen molar-refractivity contribution in [1.29, 1.82) is 0 Å². The van der Waals surface area contributed by atoms with E-state index in [1.54, 1.807) is 0 Å². The first kappa shape index (κ1) is 15.3. The quantitative estimate of drug-likeness (QED) is 0.844. The second-order valence-corrected chi connectivity index (χ2v) is 8.93. The Kier molecular flexibility index (Phi) is 4.28. The minimum absolute atomic E-state index is 0.0637. The zero-order valence-electron chi connectivity index (χ0n) is 12.4. The molecule has 3 rings (SSSR count). The van der Waals surface area contributed by atoms with Crippen LogP contribution in [0.2, 0.25) is 0 Å². The minimum Gasteiger partial charge on any atom is -0.480 e. The number of hydrogen-bond donors (Lipinski definition) is 1. The predicted octanol–water partition coefficient (Wildman–Crippen LogP) is 2.22. The zero-order chi connectivity index (χ0) is 15.0. The molecule has 0 radical (unpaired) electrons. The van der Waals surface area contributed by atoms with Gasteiger partial charge in [-0.2, -0.15) is 4.31 Å². The van der Waals surface area contributed by atoms with Crippen LogP contribution in [0.25, 0.3) is 0 Å². The molecule has 0 aromatic carbocycles. The van der Waals surface area contributed by atoms with E-state index in [2.05, 4.69) is 0 Å². The van der Waals surface area contributed by atoms with Gasteiger partial charge in [-0.25, -0.2) is 8.42 Å². The Morgan fingerprint density at radius 2 is 1.81 bits per heavy atom. The molecule has 3 fully saturated rings. The first-order valence-electron chi connectivity index (χ1n) is 8.23. The van der Waals surface area contributed by atoms with Gasteiger partial charge >= 0.3 is 5.97 Å². The number of carboxylic acid groups (broad SMARTS) is 1. The average molecular weight is 315 g/mol. The van der Waals surface area contributed by atoms with Gasteiger partial charge in [0.15, 0.2) is 0 Å². The van der Waals surface area contributed by atoms with Crippen molar-refractivity contribution in [2.75, 3.05) is 5.75 Å². The van der Waals surface area contributed by atoms with Crippen LogP contribution in [0.3, 0.4) is 0 Å². The molecular formula is C15H25NO4S. The van der Waals surface area contributed by atoms with E-state index in [0.29, 0.717) is 18.8 Å². The van der Waals surface area contributed by atoms with E-state index in [9.17, 15) is 18.3 Å². The van der Waals surface area contributed by atoms with Gasteiger partial charge in [0.25, 0.3) is 0 Å². The van der Waals surface area contributed by atoms with Crippen LogP contribution in [0.5, 0.6) is 0 Å². The lowest BCUT2D eigenvalue weighted by Gasteiger charge is -2.33. The molecule has 2 aliphatic carbocycles. The van der Waals surface area contributed by atoms with Crippen LogP contribution in [0.15, 0.2) is 0 Å². The first-order chi connectivity index (χ1) is 9.99. The molecule has 1 aliphatic heterocycles. The van der Waals surface area contributed by atoms with Gasteiger partial charge < -0.3 is 5.11 Å².